The number of rotatable bonds is 2. The summed E-state index contributed by atoms with van der Waals surface area (Å²) >= 11 is 0. The van der Waals surface area contributed by atoms with Crippen LogP contribution in [0.5, 0.6) is 0 Å². The molecule has 0 saturated heterocycles. The minimum Gasteiger partial charge on any atom is -0.360 e. The summed E-state index contributed by atoms with van der Waals surface area (Å²) in [4.78, 5) is 7.33. The maximum atomic E-state index is 12.6. The Morgan fingerprint density at radius 1 is 1.06 bits per heavy atom. The zero-order valence-electron chi connectivity index (χ0n) is 9.40. The molecular weight excluding hydrogens is 234 g/mol. The Bertz CT molecular complexity index is 689. The topological polar surface area (TPSA) is 28.7 Å². The van der Waals surface area contributed by atoms with Gasteiger partial charge in [-0.3, -0.25) is 4.98 Å². The molecule has 3 rings (SSSR count). The van der Waals surface area contributed by atoms with Crippen molar-refractivity contribution in [3.05, 3.63) is 54.4 Å². The van der Waals surface area contributed by atoms with Gasteiger partial charge in [0, 0.05) is 23.5 Å². The molecule has 0 atom stereocenters. The number of hydrogen-bond donors (Lipinski definition) is 1. The smallest absolute Gasteiger partial charge is 0.263 e. The number of fused-ring (bicyclic) bond motifs is 1. The first-order valence-corrected chi connectivity index (χ1v) is 5.55. The predicted molar refractivity (Wildman–Crippen MR) is 66.5 cm³/mol. The molecule has 2 heterocycles. The maximum Gasteiger partial charge on any atom is 0.263 e. The first-order chi connectivity index (χ1) is 8.74. The SMILES string of the molecule is FC(F)c1cccc(-c2cnc3cc[nH]c3c2)c1. The molecule has 0 aliphatic rings. The highest BCUT2D eigenvalue weighted by Gasteiger charge is 2.08. The van der Waals surface area contributed by atoms with Crippen LogP contribution < -0.4 is 0 Å². The molecule has 90 valence electrons. The second-order valence-electron chi connectivity index (χ2n) is 4.06. The van der Waals surface area contributed by atoms with E-state index in [1.54, 1.807) is 24.5 Å². The van der Waals surface area contributed by atoms with Crippen molar-refractivity contribution in [2.24, 2.45) is 0 Å². The average Bonchev–Trinajstić information content (AvgIpc) is 2.86. The summed E-state index contributed by atoms with van der Waals surface area (Å²) < 4.78 is 25.3. The van der Waals surface area contributed by atoms with Crippen LogP contribution in [0, 0.1) is 0 Å². The second kappa shape index (κ2) is 4.22. The van der Waals surface area contributed by atoms with E-state index < -0.39 is 6.43 Å². The fraction of sp³-hybridized carbons (Fsp3) is 0.0714. The van der Waals surface area contributed by atoms with E-state index >= 15 is 0 Å². The molecule has 0 radical (unpaired) electrons. The Kier molecular flexibility index (Phi) is 2.55. The summed E-state index contributed by atoms with van der Waals surface area (Å²) in [7, 11) is 0. The molecule has 0 fully saturated rings. The Morgan fingerprint density at radius 2 is 1.94 bits per heavy atom. The fourth-order valence-corrected chi connectivity index (χ4v) is 1.95. The molecule has 0 unspecified atom stereocenters. The molecule has 2 nitrogen and oxygen atoms in total. The molecule has 3 aromatic rings. The third kappa shape index (κ3) is 1.86. The fourth-order valence-electron chi connectivity index (χ4n) is 1.95. The lowest BCUT2D eigenvalue weighted by Crippen LogP contribution is -1.86. The number of alkyl halides is 2. The van der Waals surface area contributed by atoms with E-state index in [9.17, 15) is 8.78 Å². The van der Waals surface area contributed by atoms with Crippen LogP contribution in [0.1, 0.15) is 12.0 Å². The lowest BCUT2D eigenvalue weighted by atomic mass is 10.0. The number of nitrogens with one attached hydrogen (secondary N) is 1. The van der Waals surface area contributed by atoms with Gasteiger partial charge >= 0.3 is 0 Å². The second-order valence-corrected chi connectivity index (χ2v) is 4.06. The van der Waals surface area contributed by atoms with E-state index in [4.69, 9.17) is 0 Å². The van der Waals surface area contributed by atoms with Crippen molar-refractivity contribution in [3.8, 4) is 11.1 Å². The Labute approximate surface area is 102 Å². The van der Waals surface area contributed by atoms with Crippen LogP contribution in [0.3, 0.4) is 0 Å². The quantitative estimate of drug-likeness (QED) is 0.720. The maximum absolute atomic E-state index is 12.6. The van der Waals surface area contributed by atoms with Crippen molar-refractivity contribution in [2.45, 2.75) is 6.43 Å². The van der Waals surface area contributed by atoms with Crippen molar-refractivity contribution in [1.29, 1.82) is 0 Å². The molecule has 0 aliphatic heterocycles. The highest BCUT2D eigenvalue weighted by atomic mass is 19.3. The van der Waals surface area contributed by atoms with Crippen molar-refractivity contribution in [2.75, 3.05) is 0 Å². The van der Waals surface area contributed by atoms with Crippen LogP contribution in [0.15, 0.2) is 48.8 Å². The predicted octanol–water partition coefficient (Wildman–Crippen LogP) is 4.17. The monoisotopic (exact) mass is 244 g/mol. The summed E-state index contributed by atoms with van der Waals surface area (Å²) in [5.74, 6) is 0. The van der Waals surface area contributed by atoms with E-state index in [0.717, 1.165) is 22.2 Å². The van der Waals surface area contributed by atoms with Crippen molar-refractivity contribution in [3.63, 3.8) is 0 Å². The lowest BCUT2D eigenvalue weighted by molar-refractivity contribution is 0.151. The number of halogens is 2. The first kappa shape index (κ1) is 10.9. The zero-order chi connectivity index (χ0) is 12.5. The van der Waals surface area contributed by atoms with Gasteiger partial charge in [0.25, 0.3) is 6.43 Å². The molecule has 0 aliphatic carbocycles. The molecule has 4 heteroatoms. The summed E-state index contributed by atoms with van der Waals surface area (Å²) in [5, 5.41) is 0. The summed E-state index contributed by atoms with van der Waals surface area (Å²) in [5.41, 5.74) is 3.36. The third-order valence-corrected chi connectivity index (χ3v) is 2.87. The van der Waals surface area contributed by atoms with Gasteiger partial charge in [-0.15, -0.1) is 0 Å². The number of H-pyrrole nitrogens is 1. The van der Waals surface area contributed by atoms with Gasteiger partial charge in [-0.2, -0.15) is 0 Å². The number of benzene rings is 1. The molecule has 0 bridgehead atoms. The van der Waals surface area contributed by atoms with Crippen molar-refractivity contribution < 1.29 is 8.78 Å². The van der Waals surface area contributed by atoms with Crippen LogP contribution in [0.4, 0.5) is 8.78 Å². The first-order valence-electron chi connectivity index (χ1n) is 5.55. The van der Waals surface area contributed by atoms with Gasteiger partial charge in [0.15, 0.2) is 0 Å². The van der Waals surface area contributed by atoms with Crippen molar-refractivity contribution >= 4 is 11.0 Å². The Balaban J connectivity index is 2.10. The van der Waals surface area contributed by atoms with Crippen LogP contribution in [-0.2, 0) is 0 Å². The number of hydrogen-bond acceptors (Lipinski definition) is 1. The van der Waals surface area contributed by atoms with Gasteiger partial charge in [-0.1, -0.05) is 18.2 Å². The van der Waals surface area contributed by atoms with E-state index in [1.807, 2.05) is 12.1 Å². The van der Waals surface area contributed by atoms with Crippen LogP contribution in [0.2, 0.25) is 0 Å². The summed E-state index contributed by atoms with van der Waals surface area (Å²) in [6, 6.07) is 10.1. The van der Waals surface area contributed by atoms with Crippen LogP contribution >= 0.6 is 0 Å². The molecule has 0 amide bonds. The molecular formula is C14H10F2N2. The molecule has 2 aromatic heterocycles. The van der Waals surface area contributed by atoms with Crippen molar-refractivity contribution in [1.82, 2.24) is 9.97 Å². The van der Waals surface area contributed by atoms with Gasteiger partial charge in [0.05, 0.1) is 11.0 Å². The zero-order valence-corrected chi connectivity index (χ0v) is 9.40. The molecule has 0 spiro atoms. The average molecular weight is 244 g/mol. The highest BCUT2D eigenvalue weighted by molar-refractivity contribution is 5.80. The molecule has 1 aromatic carbocycles. The van der Waals surface area contributed by atoms with Gasteiger partial charge in [-0.25, -0.2) is 8.78 Å². The number of aromatic nitrogens is 2. The van der Waals surface area contributed by atoms with E-state index in [1.165, 1.54) is 12.1 Å². The standard InChI is InChI=1S/C14H10F2N2/c15-14(16)10-3-1-2-9(6-10)11-7-13-12(18-8-11)4-5-17-13/h1-8,14,17H. The summed E-state index contributed by atoms with van der Waals surface area (Å²) in [6.07, 6.45) is 1.05. The minimum absolute atomic E-state index is 0.0269. The molecule has 18 heavy (non-hydrogen) atoms. The van der Waals surface area contributed by atoms with Gasteiger partial charge in [-0.05, 0) is 23.8 Å². The molecule has 0 saturated carbocycles. The third-order valence-electron chi connectivity index (χ3n) is 2.87. The lowest BCUT2D eigenvalue weighted by Gasteiger charge is -2.04. The molecule has 1 N–H and O–H groups in total. The number of nitrogens with zero attached hydrogens (tertiary/aromatic N) is 1. The minimum atomic E-state index is -2.45. The van der Waals surface area contributed by atoms with Gasteiger partial charge in [0.2, 0.25) is 0 Å². The number of aromatic amines is 1. The van der Waals surface area contributed by atoms with Gasteiger partial charge < -0.3 is 4.98 Å². The Hall–Kier alpha value is -2.23. The normalized spacial score (nSPS) is 11.3. The van der Waals surface area contributed by atoms with Gasteiger partial charge in [0.1, 0.15) is 0 Å². The van der Waals surface area contributed by atoms with E-state index in [2.05, 4.69) is 9.97 Å². The Morgan fingerprint density at radius 3 is 2.78 bits per heavy atom. The van der Waals surface area contributed by atoms with E-state index in [0.29, 0.717) is 0 Å². The number of pyridine rings is 1. The van der Waals surface area contributed by atoms with Crippen LogP contribution in [-0.4, -0.2) is 9.97 Å². The summed E-state index contributed by atoms with van der Waals surface area (Å²) in [6.45, 7) is 0. The largest absolute Gasteiger partial charge is 0.360 e. The van der Waals surface area contributed by atoms with E-state index in [-0.39, 0.29) is 5.56 Å². The highest BCUT2D eigenvalue weighted by Crippen LogP contribution is 2.26. The van der Waals surface area contributed by atoms with Crippen LogP contribution in [0.25, 0.3) is 22.2 Å².